The first-order valence-corrected chi connectivity index (χ1v) is 12.2. The number of aryl methyl sites for hydroxylation is 2. The smallest absolute Gasteiger partial charge is 0.270 e. The van der Waals surface area contributed by atoms with Gasteiger partial charge in [0, 0.05) is 37.5 Å². The summed E-state index contributed by atoms with van der Waals surface area (Å²) in [5, 5.41) is 18.1. The fraction of sp³-hybridized carbons (Fsp3) is 0.138. The molecule has 0 fully saturated rings. The van der Waals surface area contributed by atoms with Gasteiger partial charge in [0.05, 0.1) is 0 Å². The van der Waals surface area contributed by atoms with Gasteiger partial charge in [0.15, 0.2) is 5.82 Å². The molecule has 0 aliphatic rings. The first-order valence-electron chi connectivity index (χ1n) is 12.2. The van der Waals surface area contributed by atoms with E-state index in [1.807, 2.05) is 96.5 Å². The molecule has 5 aromatic rings. The highest BCUT2D eigenvalue weighted by Gasteiger charge is 2.33. The number of aromatic nitrogens is 5. The summed E-state index contributed by atoms with van der Waals surface area (Å²) in [6.45, 7) is 0. The number of nitrogens with zero attached hydrogens (tertiary/aromatic N) is 5. The van der Waals surface area contributed by atoms with Crippen LogP contribution in [0.1, 0.15) is 27.5 Å². The van der Waals surface area contributed by atoms with E-state index >= 15 is 0 Å². The van der Waals surface area contributed by atoms with Crippen LogP contribution < -0.4 is 10.6 Å². The minimum Gasteiger partial charge on any atom is -0.338 e. The molecule has 1 unspecified atom stereocenters. The fourth-order valence-corrected chi connectivity index (χ4v) is 4.48. The van der Waals surface area contributed by atoms with Gasteiger partial charge >= 0.3 is 0 Å². The van der Waals surface area contributed by atoms with E-state index in [-0.39, 0.29) is 11.8 Å². The SMILES string of the molecule is Cn1cnnc1-c1ccc(NC(=O)C(NC(=O)c2ccnn2C)C(c2ccccc2)c2ccccc2)cc1. The Morgan fingerprint density at radius 2 is 1.45 bits per heavy atom. The lowest BCUT2D eigenvalue weighted by atomic mass is 9.84. The monoisotopic (exact) mass is 505 g/mol. The van der Waals surface area contributed by atoms with Crippen molar-refractivity contribution >= 4 is 17.5 Å². The van der Waals surface area contributed by atoms with Crippen molar-refractivity contribution in [1.82, 2.24) is 29.9 Å². The average molecular weight is 506 g/mol. The van der Waals surface area contributed by atoms with E-state index in [9.17, 15) is 9.59 Å². The molecular weight excluding hydrogens is 478 g/mol. The molecule has 0 saturated heterocycles. The highest BCUT2D eigenvalue weighted by molar-refractivity contribution is 6.01. The molecule has 0 aliphatic carbocycles. The summed E-state index contributed by atoms with van der Waals surface area (Å²) in [6.07, 6.45) is 3.18. The number of rotatable bonds is 8. The second-order valence-electron chi connectivity index (χ2n) is 8.92. The van der Waals surface area contributed by atoms with Crippen LogP contribution >= 0.6 is 0 Å². The number of carbonyl (C=O) groups excluding carboxylic acids is 2. The lowest BCUT2D eigenvalue weighted by Crippen LogP contribution is -2.48. The maximum absolute atomic E-state index is 13.9. The minimum atomic E-state index is -0.916. The van der Waals surface area contributed by atoms with Crippen LogP contribution in [0, 0.1) is 0 Å². The van der Waals surface area contributed by atoms with Gasteiger partial charge in [-0.05, 0) is 41.5 Å². The predicted octanol–water partition coefficient (Wildman–Crippen LogP) is 3.78. The Hall–Kier alpha value is -5.05. The summed E-state index contributed by atoms with van der Waals surface area (Å²) < 4.78 is 3.30. The molecule has 3 aromatic carbocycles. The molecular formula is C29H27N7O2. The third-order valence-corrected chi connectivity index (χ3v) is 6.40. The number of nitrogens with one attached hydrogen (secondary N) is 2. The lowest BCUT2D eigenvalue weighted by Gasteiger charge is -2.28. The summed E-state index contributed by atoms with van der Waals surface area (Å²) in [5.74, 6) is -0.450. The van der Waals surface area contributed by atoms with Crippen molar-refractivity contribution in [3.8, 4) is 11.4 Å². The van der Waals surface area contributed by atoms with Crippen molar-refractivity contribution in [2.75, 3.05) is 5.32 Å². The Balaban J connectivity index is 1.49. The summed E-state index contributed by atoms with van der Waals surface area (Å²) in [4.78, 5) is 27.2. The van der Waals surface area contributed by atoms with Crippen molar-refractivity contribution in [2.24, 2.45) is 14.1 Å². The first kappa shape index (κ1) is 24.6. The average Bonchev–Trinajstić information content (AvgIpc) is 3.57. The third kappa shape index (κ3) is 5.22. The zero-order valence-corrected chi connectivity index (χ0v) is 21.0. The van der Waals surface area contributed by atoms with E-state index < -0.39 is 12.0 Å². The highest BCUT2D eigenvalue weighted by Crippen LogP contribution is 2.29. The minimum absolute atomic E-state index is 0.343. The summed E-state index contributed by atoms with van der Waals surface area (Å²) in [7, 11) is 3.56. The topological polar surface area (TPSA) is 107 Å². The van der Waals surface area contributed by atoms with Crippen LogP contribution in [0.15, 0.2) is 104 Å². The van der Waals surface area contributed by atoms with Crippen LogP contribution in [0.2, 0.25) is 0 Å². The molecule has 0 radical (unpaired) electrons. The fourth-order valence-electron chi connectivity index (χ4n) is 4.48. The Labute approximate surface area is 220 Å². The first-order chi connectivity index (χ1) is 18.5. The Morgan fingerprint density at radius 1 is 0.816 bits per heavy atom. The number of hydrogen-bond acceptors (Lipinski definition) is 5. The van der Waals surface area contributed by atoms with Gasteiger partial charge in [0.2, 0.25) is 5.91 Å². The quantitative estimate of drug-likeness (QED) is 0.334. The van der Waals surface area contributed by atoms with Crippen LogP contribution in [0.3, 0.4) is 0 Å². The molecule has 9 nitrogen and oxygen atoms in total. The molecule has 9 heteroatoms. The number of carbonyl (C=O) groups is 2. The van der Waals surface area contributed by atoms with Crippen molar-refractivity contribution in [3.63, 3.8) is 0 Å². The molecule has 2 N–H and O–H groups in total. The lowest BCUT2D eigenvalue weighted by molar-refractivity contribution is -0.118. The maximum atomic E-state index is 13.9. The maximum Gasteiger partial charge on any atom is 0.270 e. The van der Waals surface area contributed by atoms with Gasteiger partial charge in [-0.25, -0.2) is 0 Å². The summed E-state index contributed by atoms with van der Waals surface area (Å²) in [6, 6.07) is 27.5. The standard InChI is InChI=1S/C29H27N7O2/c1-35-19-30-34-27(35)22-13-15-23(16-14-22)32-29(38)26(33-28(37)24-17-18-31-36(24)2)25(20-9-5-3-6-10-20)21-11-7-4-8-12-21/h3-19,25-26H,1-2H3,(H,32,38)(H,33,37). The molecule has 0 aliphatic heterocycles. The van der Waals surface area contributed by atoms with Crippen LogP contribution in [-0.4, -0.2) is 42.4 Å². The molecule has 2 amide bonds. The van der Waals surface area contributed by atoms with Crippen LogP contribution in [0.25, 0.3) is 11.4 Å². The second kappa shape index (κ2) is 10.9. The summed E-state index contributed by atoms with van der Waals surface area (Å²) in [5.41, 5.74) is 3.63. The Bertz CT molecular complexity index is 1490. The summed E-state index contributed by atoms with van der Waals surface area (Å²) >= 11 is 0. The van der Waals surface area contributed by atoms with Crippen molar-refractivity contribution < 1.29 is 9.59 Å². The molecule has 1 atom stereocenters. The number of hydrogen-bond donors (Lipinski definition) is 2. The van der Waals surface area contributed by atoms with Crippen LogP contribution in [0.4, 0.5) is 5.69 Å². The molecule has 5 rings (SSSR count). The third-order valence-electron chi connectivity index (χ3n) is 6.40. The van der Waals surface area contributed by atoms with E-state index in [4.69, 9.17) is 0 Å². The zero-order valence-electron chi connectivity index (χ0n) is 21.0. The molecule has 0 saturated carbocycles. The number of amides is 2. The van der Waals surface area contributed by atoms with E-state index in [1.165, 1.54) is 4.68 Å². The van der Waals surface area contributed by atoms with Gasteiger partial charge in [-0.3, -0.25) is 14.3 Å². The van der Waals surface area contributed by atoms with Crippen LogP contribution in [-0.2, 0) is 18.9 Å². The predicted molar refractivity (Wildman–Crippen MR) is 144 cm³/mol. The van der Waals surface area contributed by atoms with Gasteiger partial charge in [-0.1, -0.05) is 60.7 Å². The van der Waals surface area contributed by atoms with E-state index in [1.54, 1.807) is 25.6 Å². The van der Waals surface area contributed by atoms with Crippen molar-refractivity contribution in [1.29, 1.82) is 0 Å². The van der Waals surface area contributed by atoms with Crippen molar-refractivity contribution in [2.45, 2.75) is 12.0 Å². The van der Waals surface area contributed by atoms with Gasteiger partial charge in [0.25, 0.3) is 5.91 Å². The van der Waals surface area contributed by atoms with Crippen molar-refractivity contribution in [3.05, 3.63) is 120 Å². The Kier molecular flexibility index (Phi) is 7.08. The van der Waals surface area contributed by atoms with Crippen LogP contribution in [0.5, 0.6) is 0 Å². The number of anilines is 1. The highest BCUT2D eigenvalue weighted by atomic mass is 16.2. The van der Waals surface area contributed by atoms with Gasteiger partial charge in [-0.15, -0.1) is 10.2 Å². The molecule has 38 heavy (non-hydrogen) atoms. The number of benzene rings is 3. The Morgan fingerprint density at radius 3 is 1.97 bits per heavy atom. The normalized spacial score (nSPS) is 11.8. The molecule has 2 heterocycles. The molecule has 190 valence electrons. The molecule has 0 spiro atoms. The molecule has 2 aromatic heterocycles. The van der Waals surface area contributed by atoms with E-state index in [0.717, 1.165) is 22.5 Å². The molecule has 0 bridgehead atoms. The van der Waals surface area contributed by atoms with Gasteiger partial charge < -0.3 is 15.2 Å². The zero-order chi connectivity index (χ0) is 26.5. The van der Waals surface area contributed by atoms with E-state index in [0.29, 0.717) is 11.4 Å². The second-order valence-corrected chi connectivity index (χ2v) is 8.92. The van der Waals surface area contributed by atoms with Gasteiger partial charge in [0.1, 0.15) is 18.1 Å². The largest absolute Gasteiger partial charge is 0.338 e. The van der Waals surface area contributed by atoms with Gasteiger partial charge in [-0.2, -0.15) is 5.10 Å². The van der Waals surface area contributed by atoms with E-state index in [2.05, 4.69) is 25.9 Å².